The topological polar surface area (TPSA) is 40.9 Å². The number of amides is 1. The zero-order valence-electron chi connectivity index (χ0n) is 18.6. The van der Waals surface area contributed by atoms with Crippen LogP contribution in [0.3, 0.4) is 0 Å². The Morgan fingerprint density at radius 3 is 1.69 bits per heavy atom. The van der Waals surface area contributed by atoms with Gasteiger partial charge in [0.1, 0.15) is 0 Å². The van der Waals surface area contributed by atoms with E-state index in [4.69, 9.17) is 10.5 Å². The number of hydrogen-bond acceptors (Lipinski definition) is 1. The van der Waals surface area contributed by atoms with Crippen molar-refractivity contribution in [2.45, 2.75) is 12.8 Å². The predicted octanol–water partition coefficient (Wildman–Crippen LogP) is 6.40. The van der Waals surface area contributed by atoms with Crippen LogP contribution in [0.2, 0.25) is 0 Å². The van der Waals surface area contributed by atoms with Crippen LogP contribution in [0.25, 0.3) is 16.9 Å². The van der Waals surface area contributed by atoms with Crippen molar-refractivity contribution in [3.05, 3.63) is 136 Å². The Morgan fingerprint density at radius 1 is 0.875 bits per heavy atom. The SMILES string of the molecule is C1=CC2[CH-]CCC2C=C1.C=C(C(=C)c1ccccc1)c1ccccc1.[CH3-].[CH3-].[NH-]C=O.[SiH4].[Ti+4]. The number of fused-ring (bicyclic) bond motifs is 1. The molecule has 2 aromatic carbocycles. The maximum absolute atomic E-state index is 8.47. The second-order valence-corrected chi connectivity index (χ2v) is 6.63. The van der Waals surface area contributed by atoms with Crippen molar-refractivity contribution in [3.8, 4) is 0 Å². The molecule has 4 rings (SSSR count). The van der Waals surface area contributed by atoms with Gasteiger partial charge in [0.2, 0.25) is 0 Å². The number of rotatable bonds is 3. The van der Waals surface area contributed by atoms with Gasteiger partial charge >= 0.3 is 21.7 Å². The van der Waals surface area contributed by atoms with E-state index in [-0.39, 0.29) is 53.9 Å². The summed E-state index contributed by atoms with van der Waals surface area (Å²) in [6, 6.07) is 20.3. The number of carbonyl (C=O) groups is 1. The molecule has 1 N–H and O–H groups in total. The van der Waals surface area contributed by atoms with Crippen molar-refractivity contribution in [3.63, 3.8) is 0 Å². The van der Waals surface area contributed by atoms with Gasteiger partial charge in [-0.1, -0.05) is 98.5 Å². The summed E-state index contributed by atoms with van der Waals surface area (Å²) >= 11 is 0. The van der Waals surface area contributed by atoms with Gasteiger partial charge in [0.05, 0.1) is 0 Å². The van der Waals surface area contributed by atoms with Crippen molar-refractivity contribution in [1.29, 1.82) is 0 Å². The molecule has 0 heterocycles. The Morgan fingerprint density at radius 2 is 1.28 bits per heavy atom. The third kappa shape index (κ3) is 10.9. The molecular weight excluding hydrogens is 442 g/mol. The number of carbonyl (C=O) groups excluding carboxylic acids is 1. The van der Waals surface area contributed by atoms with Crippen LogP contribution < -0.4 is 0 Å². The van der Waals surface area contributed by atoms with Crippen LogP contribution in [0.15, 0.2) is 98.1 Å². The molecule has 2 aromatic rings. The molecule has 1 saturated carbocycles. The first-order chi connectivity index (χ1) is 13.7. The zero-order valence-corrected chi connectivity index (χ0v) is 20.2. The van der Waals surface area contributed by atoms with E-state index >= 15 is 0 Å². The third-order valence-corrected chi connectivity index (χ3v) is 4.84. The molecule has 0 saturated heterocycles. The monoisotopic (exact) mass is 479 g/mol. The number of nitrogens with one attached hydrogen (secondary N) is 1. The Labute approximate surface area is 215 Å². The summed E-state index contributed by atoms with van der Waals surface area (Å²) in [5.74, 6) is 1.62. The van der Waals surface area contributed by atoms with Gasteiger partial charge in [-0.25, -0.2) is 0 Å². The fourth-order valence-corrected chi connectivity index (χ4v) is 3.32. The molecule has 32 heavy (non-hydrogen) atoms. The Hall–Kier alpha value is -2.20. The van der Waals surface area contributed by atoms with Crippen LogP contribution in [0, 0.1) is 33.1 Å². The molecule has 0 aliphatic heterocycles. The zero-order chi connectivity index (χ0) is 20.2. The van der Waals surface area contributed by atoms with Crippen LogP contribution in [0.5, 0.6) is 0 Å². The van der Waals surface area contributed by atoms with Crippen molar-refractivity contribution in [2.24, 2.45) is 11.8 Å². The fraction of sp³-hybridized carbons (Fsp3) is 0.143. The molecule has 168 valence electrons. The van der Waals surface area contributed by atoms with Crippen molar-refractivity contribution in [2.75, 3.05) is 0 Å². The van der Waals surface area contributed by atoms with E-state index in [0.29, 0.717) is 0 Å². The first kappa shape index (κ1) is 34.4. The average molecular weight is 480 g/mol. The van der Waals surface area contributed by atoms with Gasteiger partial charge in [-0.15, -0.1) is 12.0 Å². The normalized spacial score (nSPS) is 16.2. The van der Waals surface area contributed by atoms with Gasteiger partial charge in [-0.2, -0.15) is 6.42 Å². The maximum atomic E-state index is 8.47. The summed E-state index contributed by atoms with van der Waals surface area (Å²) in [5.41, 5.74) is 9.73. The van der Waals surface area contributed by atoms with Crippen molar-refractivity contribution in [1.82, 2.24) is 0 Å². The number of hydrogen-bond donors (Lipinski definition) is 0. The molecule has 2 aliphatic carbocycles. The molecule has 1 fully saturated rings. The predicted molar refractivity (Wildman–Crippen MR) is 144 cm³/mol. The van der Waals surface area contributed by atoms with Crippen molar-refractivity contribution < 1.29 is 26.5 Å². The number of allylic oxidation sites excluding steroid dienone is 6. The number of benzene rings is 2. The Balaban J connectivity index is -0.000000454. The Bertz CT molecular complexity index is 764. The van der Waals surface area contributed by atoms with Crippen LogP contribution in [0.1, 0.15) is 24.0 Å². The molecule has 2 unspecified atom stereocenters. The van der Waals surface area contributed by atoms with Gasteiger partial charge in [-0.3, -0.25) is 0 Å². The summed E-state index contributed by atoms with van der Waals surface area (Å²) in [6.45, 7) is 8.20. The van der Waals surface area contributed by atoms with Gasteiger partial charge < -0.3 is 31.8 Å². The molecule has 0 spiro atoms. The molecule has 4 heteroatoms. The quantitative estimate of drug-likeness (QED) is 0.217. The van der Waals surface area contributed by atoms with Gasteiger partial charge in [0, 0.05) is 6.41 Å². The summed E-state index contributed by atoms with van der Waals surface area (Å²) in [6.07, 6.45) is 14.1. The Kier molecular flexibility index (Phi) is 21.0. The molecule has 2 atom stereocenters. The van der Waals surface area contributed by atoms with E-state index in [9.17, 15) is 0 Å². The molecule has 1 amide bonds. The first-order valence-electron chi connectivity index (χ1n) is 9.45. The van der Waals surface area contributed by atoms with Crippen LogP contribution >= 0.6 is 0 Å². The average Bonchev–Trinajstić information content (AvgIpc) is 3.24. The minimum Gasteiger partial charge on any atom is -0.671 e. The maximum Gasteiger partial charge on any atom is 4.00 e. The van der Waals surface area contributed by atoms with Gasteiger partial charge in [0.15, 0.2) is 0 Å². The molecule has 0 bridgehead atoms. The van der Waals surface area contributed by atoms with E-state index in [1.165, 1.54) is 12.8 Å². The van der Waals surface area contributed by atoms with Crippen molar-refractivity contribution >= 4 is 28.5 Å². The van der Waals surface area contributed by atoms with Crippen LogP contribution in [0.4, 0.5) is 0 Å². The summed E-state index contributed by atoms with van der Waals surface area (Å²) in [4.78, 5) is 8.47. The van der Waals surface area contributed by atoms with E-state index in [0.717, 1.165) is 34.1 Å². The second kappa shape index (κ2) is 19.5. The fourth-order valence-electron chi connectivity index (χ4n) is 3.32. The minimum atomic E-state index is 0. The van der Waals surface area contributed by atoms with E-state index in [1.54, 1.807) is 0 Å². The van der Waals surface area contributed by atoms with Crippen LogP contribution in [-0.2, 0) is 26.5 Å². The van der Waals surface area contributed by atoms with E-state index < -0.39 is 0 Å². The second-order valence-electron chi connectivity index (χ2n) is 6.63. The smallest absolute Gasteiger partial charge is 0.671 e. The third-order valence-electron chi connectivity index (χ3n) is 4.84. The molecule has 2 aliphatic rings. The molecule has 0 aromatic heterocycles. The first-order valence-corrected chi connectivity index (χ1v) is 9.45. The molecule has 2 nitrogen and oxygen atoms in total. The standard InChI is InChI=1S/C16H14.C9H11.CH3NO.2CH3.H4Si.Ti/c1-13(15-9-5-3-6-10-15)14(2)16-11-7-4-8-12-16;1-2-5-9-7-3-6-8(9)4-1;2-1-3;;;;/h3-12H,1-2H2;1-2,4-6,8-9H,3,7H2;1H,(H2,2,3);2*1H3;1H4;/q;-1;;2*-1;;+4/p-1. The molecule has 0 radical (unpaired) electrons. The van der Waals surface area contributed by atoms with E-state index in [1.807, 2.05) is 36.4 Å². The van der Waals surface area contributed by atoms with Gasteiger partial charge in [-0.05, 0) is 39.2 Å². The molecular formula is C28H37NOSiTi. The largest absolute Gasteiger partial charge is 4.00 e. The summed E-state index contributed by atoms with van der Waals surface area (Å²) < 4.78 is 0. The van der Waals surface area contributed by atoms with Gasteiger partial charge in [0.25, 0.3) is 0 Å². The van der Waals surface area contributed by atoms with Crippen LogP contribution in [-0.4, -0.2) is 17.4 Å². The summed E-state index contributed by atoms with van der Waals surface area (Å²) in [5, 5.41) is 0. The summed E-state index contributed by atoms with van der Waals surface area (Å²) in [7, 11) is 0. The van der Waals surface area contributed by atoms with E-state index in [2.05, 4.69) is 68.1 Å². The minimum absolute atomic E-state index is 0.